The van der Waals surface area contributed by atoms with Crippen LogP contribution in [0.1, 0.15) is 36.8 Å². The Hall–Kier alpha value is -3.34. The van der Waals surface area contributed by atoms with E-state index in [1.807, 2.05) is 42.2 Å². The zero-order chi connectivity index (χ0) is 26.6. The van der Waals surface area contributed by atoms with Crippen LogP contribution in [-0.2, 0) is 4.79 Å². The summed E-state index contributed by atoms with van der Waals surface area (Å²) in [7, 11) is 0. The number of carbonyl (C=O) groups is 1. The summed E-state index contributed by atoms with van der Waals surface area (Å²) in [5.74, 6) is 1.77. The predicted octanol–water partition coefficient (Wildman–Crippen LogP) is 5.58. The van der Waals surface area contributed by atoms with E-state index < -0.39 is 0 Å². The lowest BCUT2D eigenvalue weighted by molar-refractivity contribution is -0.135. The number of likely N-dealkylation sites (tertiary alicyclic amines) is 1. The van der Waals surface area contributed by atoms with Crippen LogP contribution in [0.5, 0.6) is 5.88 Å². The summed E-state index contributed by atoms with van der Waals surface area (Å²) in [6.07, 6.45) is 4.55. The lowest BCUT2D eigenvalue weighted by Crippen LogP contribution is -2.42. The van der Waals surface area contributed by atoms with Crippen LogP contribution in [0, 0.1) is 23.2 Å². The Bertz CT molecular complexity index is 1290. The molecule has 7 nitrogen and oxygen atoms in total. The number of benzene rings is 1. The Morgan fingerprint density at radius 2 is 1.74 bits per heavy atom. The van der Waals surface area contributed by atoms with Gasteiger partial charge in [-0.3, -0.25) is 4.79 Å². The molecule has 196 valence electrons. The molecule has 0 spiro atoms. The van der Waals surface area contributed by atoms with Gasteiger partial charge in [0.25, 0.3) is 0 Å². The lowest BCUT2D eigenvalue weighted by Gasteiger charge is -2.34. The third kappa shape index (κ3) is 5.87. The number of hydrogen-bond donors (Lipinski definition) is 0. The number of carbonyl (C=O) groups excluding carboxylic acids is 1. The molecule has 0 N–H and O–H groups in total. The second-order valence-corrected chi connectivity index (χ2v) is 10.9. The molecule has 3 atom stereocenters. The number of piperidine rings is 1. The normalized spacial score (nSPS) is 20.7. The Morgan fingerprint density at radius 1 is 1.00 bits per heavy atom. The van der Waals surface area contributed by atoms with Crippen molar-refractivity contribution in [2.75, 3.05) is 31.1 Å². The number of anilines is 1. The standard InChI is InChI=1S/C29H29Cl2N5O2/c1-19(38-28-9-7-24(31)16-34-28)25-17-36(18-26(25)21-3-5-23(30)6-4-21)29(37)22-10-12-35(13-11-22)27-8-2-20(14-32)15-33-27/h2-9,15-16,19,22,25-26H,10-13,17-18H2,1H3/t19-,25+,26?/m0/s1. The van der Waals surface area contributed by atoms with Crippen LogP contribution in [0.25, 0.3) is 0 Å². The number of pyridine rings is 2. The number of nitrogens with zero attached hydrogens (tertiary/aromatic N) is 5. The summed E-state index contributed by atoms with van der Waals surface area (Å²) < 4.78 is 6.21. The van der Waals surface area contributed by atoms with Crippen molar-refractivity contribution in [1.82, 2.24) is 14.9 Å². The van der Waals surface area contributed by atoms with E-state index in [2.05, 4.69) is 20.9 Å². The van der Waals surface area contributed by atoms with E-state index in [1.54, 1.807) is 30.6 Å². The largest absolute Gasteiger partial charge is 0.474 e. The van der Waals surface area contributed by atoms with Crippen LogP contribution in [0.15, 0.2) is 60.9 Å². The molecule has 4 heterocycles. The molecule has 2 aliphatic heterocycles. The van der Waals surface area contributed by atoms with Gasteiger partial charge in [-0.15, -0.1) is 0 Å². The monoisotopic (exact) mass is 549 g/mol. The fourth-order valence-electron chi connectivity index (χ4n) is 5.51. The molecule has 2 saturated heterocycles. The molecule has 1 unspecified atom stereocenters. The molecule has 1 amide bonds. The molecule has 0 saturated carbocycles. The number of amides is 1. The van der Waals surface area contributed by atoms with Crippen LogP contribution in [0.2, 0.25) is 10.0 Å². The molecular weight excluding hydrogens is 521 g/mol. The van der Waals surface area contributed by atoms with Gasteiger partial charge in [0.1, 0.15) is 18.0 Å². The van der Waals surface area contributed by atoms with Gasteiger partial charge in [0.2, 0.25) is 11.8 Å². The highest BCUT2D eigenvalue weighted by atomic mass is 35.5. The first kappa shape index (κ1) is 26.3. The minimum atomic E-state index is -0.161. The fraction of sp³-hybridized carbons (Fsp3) is 0.379. The van der Waals surface area contributed by atoms with Crippen molar-refractivity contribution in [2.45, 2.75) is 31.8 Å². The number of aromatic nitrogens is 2. The molecule has 2 fully saturated rings. The molecule has 3 aromatic rings. The Balaban J connectivity index is 1.27. The van der Waals surface area contributed by atoms with Crippen LogP contribution in [0.3, 0.4) is 0 Å². The molecule has 38 heavy (non-hydrogen) atoms. The van der Waals surface area contributed by atoms with Crippen molar-refractivity contribution in [3.05, 3.63) is 82.1 Å². The Kier molecular flexibility index (Phi) is 8.01. The van der Waals surface area contributed by atoms with E-state index in [0.29, 0.717) is 34.6 Å². The average molecular weight is 550 g/mol. The van der Waals surface area contributed by atoms with E-state index in [1.165, 1.54) is 0 Å². The molecular formula is C29H29Cl2N5O2. The van der Waals surface area contributed by atoms with Gasteiger partial charge in [0.05, 0.1) is 10.6 Å². The number of rotatable bonds is 6. The van der Waals surface area contributed by atoms with Crippen molar-refractivity contribution in [3.63, 3.8) is 0 Å². The molecule has 9 heteroatoms. The van der Waals surface area contributed by atoms with Crippen LogP contribution in [-0.4, -0.2) is 53.1 Å². The second-order valence-electron chi connectivity index (χ2n) is 9.98. The summed E-state index contributed by atoms with van der Waals surface area (Å²) in [5, 5.41) is 10.3. The van der Waals surface area contributed by atoms with E-state index in [0.717, 1.165) is 37.3 Å². The maximum atomic E-state index is 13.7. The molecule has 2 aromatic heterocycles. The van der Waals surface area contributed by atoms with E-state index in [4.69, 9.17) is 33.2 Å². The first-order chi connectivity index (χ1) is 18.4. The van der Waals surface area contributed by atoms with Crippen LogP contribution >= 0.6 is 23.2 Å². The highest BCUT2D eigenvalue weighted by Gasteiger charge is 2.42. The van der Waals surface area contributed by atoms with Crippen molar-refractivity contribution in [2.24, 2.45) is 11.8 Å². The van der Waals surface area contributed by atoms with E-state index >= 15 is 0 Å². The van der Waals surface area contributed by atoms with Crippen molar-refractivity contribution in [1.29, 1.82) is 5.26 Å². The summed E-state index contributed by atoms with van der Waals surface area (Å²) >= 11 is 12.1. The van der Waals surface area contributed by atoms with Gasteiger partial charge in [-0.2, -0.15) is 5.26 Å². The zero-order valence-electron chi connectivity index (χ0n) is 21.1. The summed E-state index contributed by atoms with van der Waals surface area (Å²) in [6.45, 7) is 4.83. The van der Waals surface area contributed by atoms with Crippen molar-refractivity contribution >= 4 is 34.9 Å². The summed E-state index contributed by atoms with van der Waals surface area (Å²) in [5.41, 5.74) is 1.69. The van der Waals surface area contributed by atoms with E-state index in [9.17, 15) is 4.79 Å². The molecule has 0 bridgehead atoms. The maximum Gasteiger partial charge on any atom is 0.225 e. The van der Waals surface area contributed by atoms with Gasteiger partial charge in [-0.05, 0) is 55.7 Å². The van der Waals surface area contributed by atoms with Crippen molar-refractivity contribution < 1.29 is 9.53 Å². The fourth-order valence-corrected chi connectivity index (χ4v) is 5.75. The molecule has 0 aliphatic carbocycles. The number of halogens is 2. The highest BCUT2D eigenvalue weighted by Crippen LogP contribution is 2.38. The third-order valence-electron chi connectivity index (χ3n) is 7.63. The minimum absolute atomic E-state index is 0.0246. The minimum Gasteiger partial charge on any atom is -0.474 e. The molecule has 0 radical (unpaired) electrons. The van der Waals surface area contributed by atoms with E-state index in [-0.39, 0.29) is 29.8 Å². The maximum absolute atomic E-state index is 13.7. The van der Waals surface area contributed by atoms with Crippen LogP contribution in [0.4, 0.5) is 5.82 Å². The smallest absolute Gasteiger partial charge is 0.225 e. The Morgan fingerprint density at radius 3 is 2.37 bits per heavy atom. The number of ether oxygens (including phenoxy) is 1. The SMILES string of the molecule is C[C@H](Oc1ccc(Cl)cn1)[C@H]1CN(C(=O)C2CCN(c3ccc(C#N)cn3)CC2)CC1c1ccc(Cl)cc1. The van der Waals surface area contributed by atoms with Gasteiger partial charge >= 0.3 is 0 Å². The Labute approximate surface area is 233 Å². The van der Waals surface area contributed by atoms with Crippen LogP contribution < -0.4 is 9.64 Å². The number of hydrogen-bond acceptors (Lipinski definition) is 6. The first-order valence-electron chi connectivity index (χ1n) is 12.8. The average Bonchev–Trinajstić information content (AvgIpc) is 3.40. The quantitative estimate of drug-likeness (QED) is 0.399. The van der Waals surface area contributed by atoms with Crippen molar-refractivity contribution in [3.8, 4) is 11.9 Å². The summed E-state index contributed by atoms with van der Waals surface area (Å²) in [6, 6.07) is 17.2. The van der Waals surface area contributed by atoms with Gasteiger partial charge in [0, 0.05) is 67.4 Å². The summed E-state index contributed by atoms with van der Waals surface area (Å²) in [4.78, 5) is 26.6. The van der Waals surface area contributed by atoms with Gasteiger partial charge in [-0.25, -0.2) is 9.97 Å². The molecule has 1 aromatic carbocycles. The van der Waals surface area contributed by atoms with Gasteiger partial charge in [-0.1, -0.05) is 35.3 Å². The third-order valence-corrected chi connectivity index (χ3v) is 8.11. The van der Waals surface area contributed by atoms with Gasteiger partial charge < -0.3 is 14.5 Å². The topological polar surface area (TPSA) is 82.4 Å². The number of nitriles is 1. The zero-order valence-corrected chi connectivity index (χ0v) is 22.6. The first-order valence-corrected chi connectivity index (χ1v) is 13.6. The molecule has 2 aliphatic rings. The lowest BCUT2D eigenvalue weighted by atomic mass is 9.86. The van der Waals surface area contributed by atoms with Gasteiger partial charge in [0.15, 0.2) is 0 Å². The second kappa shape index (κ2) is 11.6. The highest BCUT2D eigenvalue weighted by molar-refractivity contribution is 6.30. The predicted molar refractivity (Wildman–Crippen MR) is 147 cm³/mol. The molecule has 5 rings (SSSR count).